The molecule has 4 aromatic heterocycles. The summed E-state index contributed by atoms with van der Waals surface area (Å²) in [4.78, 5) is 26.7. The molecule has 10 aromatic carbocycles. The second kappa shape index (κ2) is 14.4. The van der Waals surface area contributed by atoms with Gasteiger partial charge in [-0.2, -0.15) is 0 Å². The van der Waals surface area contributed by atoms with Crippen molar-refractivity contribution in [2.45, 2.75) is 0 Å². The zero-order chi connectivity index (χ0) is 44.2. The van der Waals surface area contributed by atoms with Gasteiger partial charge in [0.2, 0.25) is 5.95 Å². The first-order valence-corrected chi connectivity index (χ1v) is 22.6. The van der Waals surface area contributed by atoms with Gasteiger partial charge in [-0.1, -0.05) is 164 Å². The maximum absolute atomic E-state index is 15.9. The lowest BCUT2D eigenvalue weighted by molar-refractivity contribution is 1.01. The highest BCUT2D eigenvalue weighted by Gasteiger charge is 2.24. The van der Waals surface area contributed by atoms with E-state index in [0.717, 1.165) is 105 Å². The molecule has 67 heavy (non-hydrogen) atoms. The summed E-state index contributed by atoms with van der Waals surface area (Å²) in [6.07, 6.45) is 0. The fraction of sp³-hybridized carbons (Fsp3) is 0. The average molecular weight is 856 g/mol. The fourth-order valence-corrected chi connectivity index (χ4v) is 10.7. The molecular weight excluding hydrogens is 819 g/mol. The lowest BCUT2D eigenvalue weighted by atomic mass is 9.98. The number of fused-ring (bicyclic) bond motifs is 13. The molecule has 4 heterocycles. The number of hydrogen-bond acceptors (Lipinski definition) is 3. The summed E-state index contributed by atoms with van der Waals surface area (Å²) >= 11 is 0. The third kappa shape index (κ3) is 5.54. The SMILES string of the molecule is O=c1c2c(ccc3c4cc(-c5ccc6c(c5)c5ccccc5n6-c5ccccc5)ccc4n(-c4nc(-c5ccccc5)c5ccccc5n4)c32)c2ccc3ccccc3c2n1-c1ccccc1. The van der Waals surface area contributed by atoms with Crippen LogP contribution in [-0.2, 0) is 0 Å². The molecule has 0 bridgehead atoms. The van der Waals surface area contributed by atoms with Crippen molar-refractivity contribution in [1.29, 1.82) is 0 Å². The van der Waals surface area contributed by atoms with Gasteiger partial charge in [-0.3, -0.25) is 13.9 Å². The molecule has 0 amide bonds. The van der Waals surface area contributed by atoms with E-state index in [1.54, 1.807) is 0 Å². The molecule has 0 atom stereocenters. The van der Waals surface area contributed by atoms with Crippen LogP contribution in [0.25, 0.3) is 127 Å². The van der Waals surface area contributed by atoms with Gasteiger partial charge in [0.05, 0.1) is 44.2 Å². The van der Waals surface area contributed by atoms with E-state index in [4.69, 9.17) is 9.97 Å². The molecule has 6 nitrogen and oxygen atoms in total. The van der Waals surface area contributed by atoms with Gasteiger partial charge in [0.15, 0.2) is 0 Å². The maximum Gasteiger partial charge on any atom is 0.265 e. The minimum Gasteiger partial charge on any atom is -0.309 e. The molecule has 0 aliphatic carbocycles. The Morgan fingerprint density at radius 1 is 0.328 bits per heavy atom. The van der Waals surface area contributed by atoms with Crippen LogP contribution < -0.4 is 5.56 Å². The molecule has 0 radical (unpaired) electrons. The predicted octanol–water partition coefficient (Wildman–Crippen LogP) is 14.8. The molecule has 0 aliphatic heterocycles. The Morgan fingerprint density at radius 3 is 1.61 bits per heavy atom. The lowest BCUT2D eigenvalue weighted by Crippen LogP contribution is -2.20. The second-order valence-corrected chi connectivity index (χ2v) is 17.3. The molecule has 0 N–H and O–H groups in total. The molecule has 0 spiro atoms. The van der Waals surface area contributed by atoms with Gasteiger partial charge < -0.3 is 4.57 Å². The Morgan fingerprint density at radius 2 is 0.866 bits per heavy atom. The van der Waals surface area contributed by atoms with Crippen LogP contribution in [-0.4, -0.2) is 23.7 Å². The molecule has 0 fully saturated rings. The number of para-hydroxylation sites is 4. The van der Waals surface area contributed by atoms with E-state index in [1.807, 2.05) is 83.4 Å². The van der Waals surface area contributed by atoms with Crippen LogP contribution in [0.3, 0.4) is 0 Å². The quantitative estimate of drug-likeness (QED) is 0.162. The Labute approximate surface area is 383 Å². The molecule has 0 unspecified atom stereocenters. The molecule has 0 saturated heterocycles. The number of aromatic nitrogens is 5. The third-order valence-electron chi connectivity index (χ3n) is 13.6. The van der Waals surface area contributed by atoms with Crippen molar-refractivity contribution in [3.05, 3.63) is 235 Å². The number of nitrogens with zero attached hydrogens (tertiary/aromatic N) is 5. The summed E-state index contributed by atoms with van der Waals surface area (Å²) < 4.78 is 6.39. The van der Waals surface area contributed by atoms with E-state index in [-0.39, 0.29) is 5.56 Å². The highest BCUT2D eigenvalue weighted by atomic mass is 16.1. The van der Waals surface area contributed by atoms with Crippen molar-refractivity contribution in [3.63, 3.8) is 0 Å². The van der Waals surface area contributed by atoms with Gasteiger partial charge >= 0.3 is 0 Å². The third-order valence-corrected chi connectivity index (χ3v) is 13.6. The normalized spacial score (nSPS) is 11.9. The monoisotopic (exact) mass is 855 g/mol. The van der Waals surface area contributed by atoms with Crippen molar-refractivity contribution in [1.82, 2.24) is 23.7 Å². The molecule has 6 heteroatoms. The van der Waals surface area contributed by atoms with E-state index in [2.05, 4.69) is 155 Å². The van der Waals surface area contributed by atoms with Crippen LogP contribution in [0.4, 0.5) is 0 Å². The molecule has 14 rings (SSSR count). The Balaban J connectivity index is 1.11. The topological polar surface area (TPSA) is 57.6 Å². The van der Waals surface area contributed by atoms with Crippen molar-refractivity contribution in [2.75, 3.05) is 0 Å². The average Bonchev–Trinajstić information content (AvgIpc) is 3.91. The molecule has 0 saturated carbocycles. The summed E-state index contributed by atoms with van der Waals surface area (Å²) in [5.74, 6) is 0.497. The first-order chi connectivity index (χ1) is 33.2. The van der Waals surface area contributed by atoms with E-state index < -0.39 is 0 Å². The maximum atomic E-state index is 15.9. The summed E-state index contributed by atoms with van der Waals surface area (Å²) in [5.41, 5.74) is 11.5. The van der Waals surface area contributed by atoms with Gasteiger partial charge in [-0.05, 0) is 82.6 Å². The Bertz CT molecular complexity index is 4400. The first kappa shape index (κ1) is 37.3. The van der Waals surface area contributed by atoms with Crippen LogP contribution in [0, 0.1) is 0 Å². The van der Waals surface area contributed by atoms with Gasteiger partial charge in [0.1, 0.15) is 0 Å². The van der Waals surface area contributed by atoms with Crippen LogP contribution in [0.2, 0.25) is 0 Å². The highest BCUT2D eigenvalue weighted by Crippen LogP contribution is 2.42. The second-order valence-electron chi connectivity index (χ2n) is 17.3. The van der Waals surface area contributed by atoms with Gasteiger partial charge in [0, 0.05) is 54.6 Å². The highest BCUT2D eigenvalue weighted by molar-refractivity contribution is 6.25. The first-order valence-electron chi connectivity index (χ1n) is 22.6. The molecule has 0 aliphatic rings. The number of benzene rings is 10. The number of rotatable bonds is 5. The van der Waals surface area contributed by atoms with Gasteiger partial charge in [-0.25, -0.2) is 9.97 Å². The van der Waals surface area contributed by atoms with Crippen LogP contribution in [0.15, 0.2) is 229 Å². The smallest absolute Gasteiger partial charge is 0.265 e. The largest absolute Gasteiger partial charge is 0.309 e. The molecule has 14 aromatic rings. The van der Waals surface area contributed by atoms with E-state index in [0.29, 0.717) is 11.3 Å². The van der Waals surface area contributed by atoms with Crippen molar-refractivity contribution >= 4 is 87.0 Å². The predicted molar refractivity (Wildman–Crippen MR) is 277 cm³/mol. The van der Waals surface area contributed by atoms with E-state index in [1.165, 1.54) is 10.8 Å². The number of hydrogen-bond donors (Lipinski definition) is 0. The summed E-state index contributed by atoms with van der Waals surface area (Å²) in [6, 6.07) is 78.1. The number of pyridine rings is 1. The van der Waals surface area contributed by atoms with E-state index in [9.17, 15) is 0 Å². The Hall–Kier alpha value is -9.13. The van der Waals surface area contributed by atoms with Crippen LogP contribution >= 0.6 is 0 Å². The minimum atomic E-state index is -0.107. The van der Waals surface area contributed by atoms with Crippen LogP contribution in [0.1, 0.15) is 0 Å². The van der Waals surface area contributed by atoms with E-state index >= 15 is 4.79 Å². The fourth-order valence-electron chi connectivity index (χ4n) is 10.7. The van der Waals surface area contributed by atoms with Crippen molar-refractivity contribution in [2.24, 2.45) is 0 Å². The summed E-state index contributed by atoms with van der Waals surface area (Å²) in [5, 5.41) is 9.85. The summed E-state index contributed by atoms with van der Waals surface area (Å²) in [6.45, 7) is 0. The van der Waals surface area contributed by atoms with Crippen molar-refractivity contribution in [3.8, 4) is 39.7 Å². The molecular formula is C61H37N5O. The van der Waals surface area contributed by atoms with Crippen molar-refractivity contribution < 1.29 is 0 Å². The minimum absolute atomic E-state index is 0.107. The standard InChI is InChI=1S/C61H37N5O/c67-60-56-46(47-31-28-38-16-10-11-23-44(38)58(47)65(60)43-21-8-3-9-22-43)32-33-48-51-37-41(40-29-34-54-50(36-40)45-24-13-15-27-53(45)64(54)42-19-6-2-7-20-42)30-35-55(51)66(59(48)56)61-62-52-26-14-12-25-49(52)57(63-61)39-17-4-1-5-18-39/h1-37H. The zero-order valence-corrected chi connectivity index (χ0v) is 36.0. The van der Waals surface area contributed by atoms with Gasteiger partial charge in [0.25, 0.3) is 5.56 Å². The summed E-state index contributed by atoms with van der Waals surface area (Å²) in [7, 11) is 0. The zero-order valence-electron chi connectivity index (χ0n) is 36.0. The van der Waals surface area contributed by atoms with Gasteiger partial charge in [-0.15, -0.1) is 0 Å². The Kier molecular flexibility index (Phi) is 8.03. The lowest BCUT2D eigenvalue weighted by Gasteiger charge is -2.17. The van der Waals surface area contributed by atoms with Crippen LogP contribution in [0.5, 0.6) is 0 Å². The molecule has 312 valence electrons.